The summed E-state index contributed by atoms with van der Waals surface area (Å²) in [6.07, 6.45) is 0. The first-order valence-corrected chi connectivity index (χ1v) is 8.63. The van der Waals surface area contributed by atoms with Crippen LogP contribution in [0, 0.1) is 0 Å². The lowest BCUT2D eigenvalue weighted by Crippen LogP contribution is -2.50. The van der Waals surface area contributed by atoms with Crippen LogP contribution in [0.25, 0.3) is 0 Å². The second kappa shape index (κ2) is 8.41. The maximum atomic E-state index is 12.7. The number of benzene rings is 1. The van der Waals surface area contributed by atoms with Crippen LogP contribution in [0.3, 0.4) is 0 Å². The minimum atomic E-state index is -0.110. The molecule has 1 aliphatic rings. The van der Waals surface area contributed by atoms with Crippen molar-refractivity contribution < 1.29 is 9.90 Å². The van der Waals surface area contributed by atoms with E-state index in [-0.39, 0.29) is 18.6 Å². The summed E-state index contributed by atoms with van der Waals surface area (Å²) >= 11 is 1.94. The lowest BCUT2D eigenvalue weighted by atomic mass is 10.1. The van der Waals surface area contributed by atoms with Gasteiger partial charge >= 0.3 is 0 Å². The van der Waals surface area contributed by atoms with Crippen molar-refractivity contribution in [2.45, 2.75) is 19.5 Å². The average molecular weight is 308 g/mol. The lowest BCUT2D eigenvalue weighted by molar-refractivity contribution is -0.137. The van der Waals surface area contributed by atoms with Gasteiger partial charge in [-0.3, -0.25) is 9.69 Å². The van der Waals surface area contributed by atoms with Crippen molar-refractivity contribution in [3.8, 4) is 0 Å². The molecule has 1 saturated heterocycles. The van der Waals surface area contributed by atoms with Crippen LogP contribution in [0.5, 0.6) is 0 Å². The second-order valence-electron chi connectivity index (χ2n) is 5.29. The van der Waals surface area contributed by atoms with Gasteiger partial charge in [0.1, 0.15) is 0 Å². The number of aliphatic hydroxyl groups excluding tert-OH is 1. The van der Waals surface area contributed by atoms with Gasteiger partial charge in [0.15, 0.2) is 0 Å². The van der Waals surface area contributed by atoms with Crippen LogP contribution < -0.4 is 0 Å². The molecule has 1 heterocycles. The third-order valence-corrected chi connectivity index (χ3v) is 4.79. The smallest absolute Gasteiger partial charge is 0.240 e. The molecule has 4 nitrogen and oxygen atoms in total. The standard InChI is InChI=1S/C16H24N2O2S/c1-14(17-8-11-21-12-9-17)16(20)18(7-10-19)13-15-5-3-2-4-6-15/h2-6,14,19H,7-13H2,1H3/t14-/m1/s1. The molecule has 0 aliphatic carbocycles. The monoisotopic (exact) mass is 308 g/mol. The number of hydrogen-bond acceptors (Lipinski definition) is 4. The zero-order chi connectivity index (χ0) is 15.1. The molecule has 116 valence electrons. The third kappa shape index (κ3) is 4.73. The van der Waals surface area contributed by atoms with E-state index in [1.54, 1.807) is 4.90 Å². The molecule has 1 aromatic carbocycles. The summed E-state index contributed by atoms with van der Waals surface area (Å²) in [5.74, 6) is 2.30. The summed E-state index contributed by atoms with van der Waals surface area (Å²) in [6.45, 7) is 4.87. The summed E-state index contributed by atoms with van der Waals surface area (Å²) < 4.78 is 0. The predicted octanol–water partition coefficient (Wildman–Crippen LogP) is 1.44. The lowest BCUT2D eigenvalue weighted by Gasteiger charge is -2.34. The molecular weight excluding hydrogens is 284 g/mol. The van der Waals surface area contributed by atoms with Crippen molar-refractivity contribution in [1.82, 2.24) is 9.80 Å². The Balaban J connectivity index is 2.00. The van der Waals surface area contributed by atoms with Crippen molar-refractivity contribution >= 4 is 17.7 Å². The van der Waals surface area contributed by atoms with Gasteiger partial charge in [0, 0.05) is 37.7 Å². The highest BCUT2D eigenvalue weighted by molar-refractivity contribution is 7.99. The van der Waals surface area contributed by atoms with Gasteiger partial charge in [-0.15, -0.1) is 0 Å². The maximum absolute atomic E-state index is 12.7. The van der Waals surface area contributed by atoms with E-state index in [1.807, 2.05) is 49.0 Å². The van der Waals surface area contributed by atoms with Crippen molar-refractivity contribution in [1.29, 1.82) is 0 Å². The molecule has 1 aromatic rings. The molecule has 0 bridgehead atoms. The molecule has 5 heteroatoms. The molecule has 1 aliphatic heterocycles. The Bertz CT molecular complexity index is 435. The first kappa shape index (κ1) is 16.3. The molecule has 1 atom stereocenters. The van der Waals surface area contributed by atoms with Gasteiger partial charge in [0.25, 0.3) is 0 Å². The molecule has 1 N–H and O–H groups in total. The zero-order valence-electron chi connectivity index (χ0n) is 12.6. The number of thioether (sulfide) groups is 1. The zero-order valence-corrected chi connectivity index (χ0v) is 13.4. The maximum Gasteiger partial charge on any atom is 0.240 e. The van der Waals surface area contributed by atoms with Crippen molar-refractivity contribution in [2.75, 3.05) is 37.7 Å². The van der Waals surface area contributed by atoms with Crippen LogP contribution in [0.15, 0.2) is 30.3 Å². The van der Waals surface area contributed by atoms with Crippen LogP contribution in [0.4, 0.5) is 0 Å². The van der Waals surface area contributed by atoms with Crippen molar-refractivity contribution in [3.05, 3.63) is 35.9 Å². The van der Waals surface area contributed by atoms with E-state index in [4.69, 9.17) is 0 Å². The number of rotatable bonds is 6. The summed E-state index contributed by atoms with van der Waals surface area (Å²) in [7, 11) is 0. The van der Waals surface area contributed by atoms with Gasteiger partial charge in [0.05, 0.1) is 12.6 Å². The number of nitrogens with zero attached hydrogens (tertiary/aromatic N) is 2. The van der Waals surface area contributed by atoms with Gasteiger partial charge in [-0.05, 0) is 12.5 Å². The Morgan fingerprint density at radius 2 is 2.00 bits per heavy atom. The topological polar surface area (TPSA) is 43.8 Å². The number of carbonyl (C=O) groups excluding carboxylic acids is 1. The van der Waals surface area contributed by atoms with Crippen molar-refractivity contribution in [2.24, 2.45) is 0 Å². The van der Waals surface area contributed by atoms with Crippen LogP contribution in [-0.2, 0) is 11.3 Å². The number of amides is 1. The first-order chi connectivity index (χ1) is 10.2. The number of aliphatic hydroxyl groups is 1. The second-order valence-corrected chi connectivity index (χ2v) is 6.52. The SMILES string of the molecule is C[C@H](C(=O)N(CCO)Cc1ccccc1)N1CCSCC1. The fourth-order valence-corrected chi connectivity index (χ4v) is 3.51. The molecule has 21 heavy (non-hydrogen) atoms. The Morgan fingerprint density at radius 1 is 1.33 bits per heavy atom. The summed E-state index contributed by atoms with van der Waals surface area (Å²) in [6, 6.07) is 9.83. The van der Waals surface area contributed by atoms with Crippen LogP contribution in [-0.4, -0.2) is 64.6 Å². The molecule has 0 radical (unpaired) electrons. The molecule has 0 saturated carbocycles. The van der Waals surface area contributed by atoms with Gasteiger partial charge < -0.3 is 10.0 Å². The summed E-state index contributed by atoms with van der Waals surface area (Å²) in [5, 5.41) is 9.24. The Labute approximate surface area is 131 Å². The Hall–Kier alpha value is -1.04. The molecule has 0 spiro atoms. The Kier molecular flexibility index (Phi) is 6.54. The Morgan fingerprint density at radius 3 is 2.62 bits per heavy atom. The van der Waals surface area contributed by atoms with Crippen molar-refractivity contribution in [3.63, 3.8) is 0 Å². The quantitative estimate of drug-likeness (QED) is 0.864. The van der Waals surface area contributed by atoms with E-state index in [2.05, 4.69) is 4.90 Å². The van der Waals surface area contributed by atoms with Crippen LogP contribution in [0.1, 0.15) is 12.5 Å². The van der Waals surface area contributed by atoms with Gasteiger partial charge in [0.2, 0.25) is 5.91 Å². The van der Waals surface area contributed by atoms with E-state index >= 15 is 0 Å². The average Bonchev–Trinajstić information content (AvgIpc) is 2.55. The van der Waals surface area contributed by atoms with E-state index in [0.29, 0.717) is 13.1 Å². The first-order valence-electron chi connectivity index (χ1n) is 7.47. The number of hydrogen-bond donors (Lipinski definition) is 1. The minimum absolute atomic E-state index is 0.00114. The number of carbonyl (C=O) groups is 1. The van der Waals surface area contributed by atoms with E-state index in [0.717, 1.165) is 30.2 Å². The summed E-state index contributed by atoms with van der Waals surface area (Å²) in [4.78, 5) is 16.7. The van der Waals surface area contributed by atoms with Gasteiger partial charge in [-0.25, -0.2) is 0 Å². The van der Waals surface area contributed by atoms with Gasteiger partial charge in [-0.1, -0.05) is 30.3 Å². The highest BCUT2D eigenvalue weighted by Gasteiger charge is 2.26. The molecular formula is C16H24N2O2S. The van der Waals surface area contributed by atoms with Crippen LogP contribution in [0.2, 0.25) is 0 Å². The minimum Gasteiger partial charge on any atom is -0.395 e. The predicted molar refractivity (Wildman–Crippen MR) is 87.3 cm³/mol. The highest BCUT2D eigenvalue weighted by Crippen LogP contribution is 2.15. The van der Waals surface area contributed by atoms with E-state index in [9.17, 15) is 9.90 Å². The molecule has 0 aromatic heterocycles. The molecule has 2 rings (SSSR count). The third-order valence-electron chi connectivity index (χ3n) is 3.85. The highest BCUT2D eigenvalue weighted by atomic mass is 32.2. The fourth-order valence-electron chi connectivity index (χ4n) is 2.58. The van der Waals surface area contributed by atoms with E-state index < -0.39 is 0 Å². The summed E-state index contributed by atoms with van der Waals surface area (Å²) in [5.41, 5.74) is 1.10. The fraction of sp³-hybridized carbons (Fsp3) is 0.562. The van der Waals surface area contributed by atoms with Crippen LogP contribution >= 0.6 is 11.8 Å². The normalized spacial score (nSPS) is 17.4. The molecule has 1 fully saturated rings. The van der Waals surface area contributed by atoms with E-state index in [1.165, 1.54) is 0 Å². The van der Waals surface area contributed by atoms with Gasteiger partial charge in [-0.2, -0.15) is 11.8 Å². The molecule has 0 unspecified atom stereocenters. The molecule has 1 amide bonds. The largest absolute Gasteiger partial charge is 0.395 e.